The first kappa shape index (κ1) is 11.1. The topological polar surface area (TPSA) is 57.5 Å². The molecular formula is C9H8BrFO3. The Balaban J connectivity index is 2.91. The third-order valence-electron chi connectivity index (χ3n) is 1.74. The maximum Gasteiger partial charge on any atom is 0.332 e. The molecule has 5 heteroatoms. The monoisotopic (exact) mass is 262 g/mol. The maximum atomic E-state index is 13.1. The third-order valence-corrected chi connectivity index (χ3v) is 2.49. The van der Waals surface area contributed by atoms with Crippen LogP contribution in [0.2, 0.25) is 0 Å². The van der Waals surface area contributed by atoms with E-state index in [0.29, 0.717) is 4.47 Å². The summed E-state index contributed by atoms with van der Waals surface area (Å²) in [6.45, 7) is 0. The van der Waals surface area contributed by atoms with Crippen LogP contribution < -0.4 is 0 Å². The summed E-state index contributed by atoms with van der Waals surface area (Å²) in [7, 11) is 0. The number of aliphatic hydroxyl groups is 1. The standard InChI is InChI=1S/C9H8BrFO3/c10-6-2-1-3-7(11)5(6)4-8(12)9(13)14/h1-3,8,12H,4H2,(H,13,14). The van der Waals surface area contributed by atoms with Crippen molar-refractivity contribution >= 4 is 21.9 Å². The first-order chi connectivity index (χ1) is 6.52. The minimum absolute atomic E-state index is 0.169. The normalized spacial score (nSPS) is 12.5. The van der Waals surface area contributed by atoms with Crippen molar-refractivity contribution in [3.63, 3.8) is 0 Å². The summed E-state index contributed by atoms with van der Waals surface area (Å²) in [5.74, 6) is -1.89. The first-order valence-corrected chi connectivity index (χ1v) is 4.65. The predicted molar refractivity (Wildman–Crippen MR) is 51.4 cm³/mol. The molecule has 0 aliphatic rings. The van der Waals surface area contributed by atoms with E-state index in [1.54, 1.807) is 6.07 Å². The van der Waals surface area contributed by atoms with Crippen molar-refractivity contribution in [2.45, 2.75) is 12.5 Å². The van der Waals surface area contributed by atoms with Crippen molar-refractivity contribution in [3.8, 4) is 0 Å². The number of carbonyl (C=O) groups is 1. The van der Waals surface area contributed by atoms with Crippen LogP contribution in [-0.4, -0.2) is 22.3 Å². The fourth-order valence-corrected chi connectivity index (χ4v) is 1.51. The Kier molecular flexibility index (Phi) is 3.60. The van der Waals surface area contributed by atoms with Crippen molar-refractivity contribution in [2.75, 3.05) is 0 Å². The summed E-state index contributed by atoms with van der Waals surface area (Å²) in [6, 6.07) is 4.30. The highest BCUT2D eigenvalue weighted by molar-refractivity contribution is 9.10. The van der Waals surface area contributed by atoms with E-state index >= 15 is 0 Å². The molecule has 0 amide bonds. The molecule has 0 radical (unpaired) electrons. The number of rotatable bonds is 3. The smallest absolute Gasteiger partial charge is 0.332 e. The van der Waals surface area contributed by atoms with Gasteiger partial charge >= 0.3 is 5.97 Å². The van der Waals surface area contributed by atoms with Gasteiger partial charge in [-0.2, -0.15) is 0 Å². The molecule has 0 saturated heterocycles. The van der Waals surface area contributed by atoms with E-state index in [1.807, 2.05) is 0 Å². The van der Waals surface area contributed by atoms with E-state index in [1.165, 1.54) is 12.1 Å². The van der Waals surface area contributed by atoms with Crippen molar-refractivity contribution in [1.29, 1.82) is 0 Å². The highest BCUT2D eigenvalue weighted by Gasteiger charge is 2.17. The van der Waals surface area contributed by atoms with Gasteiger partial charge in [0.25, 0.3) is 0 Å². The highest BCUT2D eigenvalue weighted by Crippen LogP contribution is 2.21. The Bertz CT molecular complexity index is 334. The Morgan fingerprint density at radius 3 is 2.71 bits per heavy atom. The van der Waals surface area contributed by atoms with E-state index in [9.17, 15) is 9.18 Å². The number of hydrogen-bond acceptors (Lipinski definition) is 2. The minimum atomic E-state index is -1.58. The zero-order valence-corrected chi connectivity index (χ0v) is 8.66. The van der Waals surface area contributed by atoms with Crippen LogP contribution in [0, 0.1) is 5.82 Å². The molecule has 3 nitrogen and oxygen atoms in total. The quantitative estimate of drug-likeness (QED) is 0.870. The summed E-state index contributed by atoms with van der Waals surface area (Å²) in [6.07, 6.45) is -1.83. The predicted octanol–water partition coefficient (Wildman–Crippen LogP) is 1.58. The molecule has 0 aliphatic carbocycles. The van der Waals surface area contributed by atoms with Crippen molar-refractivity contribution in [2.24, 2.45) is 0 Å². The van der Waals surface area contributed by atoms with Gasteiger partial charge in [-0.1, -0.05) is 22.0 Å². The van der Waals surface area contributed by atoms with Crippen LogP contribution in [0.15, 0.2) is 22.7 Å². The molecule has 1 unspecified atom stereocenters. The zero-order chi connectivity index (χ0) is 10.7. The Hall–Kier alpha value is -0.940. The number of hydrogen-bond donors (Lipinski definition) is 2. The Morgan fingerprint density at radius 1 is 1.57 bits per heavy atom. The second-order valence-electron chi connectivity index (χ2n) is 2.76. The number of carboxylic acid groups (broad SMARTS) is 1. The fraction of sp³-hybridized carbons (Fsp3) is 0.222. The maximum absolute atomic E-state index is 13.1. The van der Waals surface area contributed by atoms with Gasteiger partial charge in [-0.25, -0.2) is 9.18 Å². The first-order valence-electron chi connectivity index (χ1n) is 3.86. The molecule has 0 aromatic heterocycles. The van der Waals surface area contributed by atoms with Crippen LogP contribution in [0.5, 0.6) is 0 Å². The number of carboxylic acids is 1. The summed E-state index contributed by atoms with van der Waals surface area (Å²) in [5.41, 5.74) is 0.169. The Labute approximate surface area is 88.3 Å². The molecule has 1 atom stereocenters. The molecule has 0 fully saturated rings. The molecule has 0 saturated carbocycles. The SMILES string of the molecule is O=C(O)C(O)Cc1c(F)cccc1Br. The van der Waals surface area contributed by atoms with Gasteiger partial charge in [0.2, 0.25) is 0 Å². The van der Waals surface area contributed by atoms with Gasteiger partial charge < -0.3 is 10.2 Å². The molecule has 1 rings (SSSR count). The van der Waals surface area contributed by atoms with E-state index in [0.717, 1.165) is 0 Å². The average Bonchev–Trinajstić information content (AvgIpc) is 2.11. The van der Waals surface area contributed by atoms with E-state index < -0.39 is 17.9 Å². The molecule has 0 heterocycles. The molecule has 0 bridgehead atoms. The van der Waals surface area contributed by atoms with Crippen LogP contribution in [-0.2, 0) is 11.2 Å². The largest absolute Gasteiger partial charge is 0.479 e. The van der Waals surface area contributed by atoms with Gasteiger partial charge in [0, 0.05) is 16.5 Å². The molecule has 0 spiro atoms. The number of halogens is 2. The number of aliphatic carboxylic acids is 1. The van der Waals surface area contributed by atoms with Gasteiger partial charge in [-0.15, -0.1) is 0 Å². The van der Waals surface area contributed by atoms with Crippen LogP contribution in [0.25, 0.3) is 0 Å². The van der Waals surface area contributed by atoms with Crippen LogP contribution >= 0.6 is 15.9 Å². The lowest BCUT2D eigenvalue weighted by molar-refractivity contribution is -0.146. The van der Waals surface area contributed by atoms with E-state index in [4.69, 9.17) is 10.2 Å². The lowest BCUT2D eigenvalue weighted by Crippen LogP contribution is -2.22. The van der Waals surface area contributed by atoms with Crippen molar-refractivity contribution in [3.05, 3.63) is 34.1 Å². The average molecular weight is 263 g/mol. The number of benzene rings is 1. The minimum Gasteiger partial charge on any atom is -0.479 e. The molecule has 76 valence electrons. The summed E-state index contributed by atoms with van der Waals surface area (Å²) in [4.78, 5) is 10.3. The van der Waals surface area contributed by atoms with Gasteiger partial charge in [-0.3, -0.25) is 0 Å². The molecule has 2 N–H and O–H groups in total. The van der Waals surface area contributed by atoms with Gasteiger partial charge in [0.05, 0.1) is 0 Å². The molecule has 0 aliphatic heterocycles. The van der Waals surface area contributed by atoms with Crippen LogP contribution in [0.1, 0.15) is 5.56 Å². The van der Waals surface area contributed by atoms with Crippen molar-refractivity contribution in [1.82, 2.24) is 0 Å². The van der Waals surface area contributed by atoms with E-state index in [2.05, 4.69) is 15.9 Å². The summed E-state index contributed by atoms with van der Waals surface area (Å²) in [5, 5.41) is 17.5. The van der Waals surface area contributed by atoms with Gasteiger partial charge in [0.15, 0.2) is 6.10 Å². The molecule has 1 aromatic carbocycles. The van der Waals surface area contributed by atoms with Crippen LogP contribution in [0.4, 0.5) is 4.39 Å². The number of aliphatic hydroxyl groups excluding tert-OH is 1. The summed E-state index contributed by atoms with van der Waals surface area (Å²) < 4.78 is 13.6. The summed E-state index contributed by atoms with van der Waals surface area (Å²) >= 11 is 3.08. The lowest BCUT2D eigenvalue weighted by Gasteiger charge is -2.08. The zero-order valence-electron chi connectivity index (χ0n) is 7.08. The van der Waals surface area contributed by atoms with Gasteiger partial charge in [0.1, 0.15) is 5.82 Å². The fourth-order valence-electron chi connectivity index (χ4n) is 1.01. The highest BCUT2D eigenvalue weighted by atomic mass is 79.9. The van der Waals surface area contributed by atoms with Gasteiger partial charge in [-0.05, 0) is 12.1 Å². The second-order valence-corrected chi connectivity index (χ2v) is 3.61. The molecular weight excluding hydrogens is 255 g/mol. The van der Waals surface area contributed by atoms with Crippen molar-refractivity contribution < 1.29 is 19.4 Å². The van der Waals surface area contributed by atoms with E-state index in [-0.39, 0.29) is 12.0 Å². The third kappa shape index (κ3) is 2.52. The van der Waals surface area contributed by atoms with Crippen LogP contribution in [0.3, 0.4) is 0 Å². The lowest BCUT2D eigenvalue weighted by atomic mass is 10.1. The molecule has 14 heavy (non-hydrogen) atoms. The second kappa shape index (κ2) is 4.52. The Morgan fingerprint density at radius 2 is 2.21 bits per heavy atom. The molecule has 1 aromatic rings.